The van der Waals surface area contributed by atoms with Crippen molar-refractivity contribution < 1.29 is 0 Å². The Balaban J connectivity index is 1.60. The maximum absolute atomic E-state index is 8.96. The molecule has 136 valence electrons. The molecule has 0 spiro atoms. The maximum Gasteiger partial charge on any atom is 0.139 e. The number of aromatic nitrogens is 2. The van der Waals surface area contributed by atoms with Crippen LogP contribution in [0.4, 0.5) is 5.82 Å². The highest BCUT2D eigenvalue weighted by Gasteiger charge is 2.39. The van der Waals surface area contributed by atoms with Crippen LogP contribution in [0.25, 0.3) is 10.9 Å². The molecule has 2 aliphatic rings. The fraction of sp³-hybridized carbons (Fsp3) is 0.550. The number of rotatable bonds is 4. The van der Waals surface area contributed by atoms with Crippen molar-refractivity contribution in [2.75, 3.05) is 18.5 Å². The Bertz CT molecular complexity index is 819. The van der Waals surface area contributed by atoms with Gasteiger partial charge in [0.25, 0.3) is 0 Å². The molecule has 2 aliphatic heterocycles. The number of nitrogens with zero attached hydrogens (tertiary/aromatic N) is 5. The Morgan fingerprint density at radius 2 is 2.12 bits per heavy atom. The quantitative estimate of drug-likeness (QED) is 0.762. The first-order valence-electron chi connectivity index (χ1n) is 9.44. The number of nitriles is 1. The van der Waals surface area contributed by atoms with Crippen molar-refractivity contribution in [3.8, 4) is 6.07 Å². The lowest BCUT2D eigenvalue weighted by Crippen LogP contribution is -2.56. The zero-order chi connectivity index (χ0) is 18.1. The lowest BCUT2D eigenvalue weighted by molar-refractivity contribution is 0.0327. The summed E-state index contributed by atoms with van der Waals surface area (Å²) in [5.41, 5.74) is 0.890. The van der Waals surface area contributed by atoms with Crippen molar-refractivity contribution in [3.63, 3.8) is 0 Å². The van der Waals surface area contributed by atoms with Gasteiger partial charge in [0.05, 0.1) is 11.6 Å². The molecule has 0 aromatic carbocycles. The molecule has 2 aromatic heterocycles. The lowest BCUT2D eigenvalue weighted by atomic mass is 9.81. The summed E-state index contributed by atoms with van der Waals surface area (Å²) in [4.78, 5) is 14.0. The molecule has 4 heterocycles. The topological polar surface area (TPSA) is 56.1 Å². The molecule has 0 radical (unpaired) electrons. The molecule has 0 N–H and O–H groups in total. The molecule has 5 nitrogen and oxygen atoms in total. The number of pyridine rings is 2. The molecular weight excluding hydrogens is 346 g/mol. The van der Waals surface area contributed by atoms with E-state index in [-0.39, 0.29) is 0 Å². The zero-order valence-corrected chi connectivity index (χ0v) is 15.9. The molecule has 2 fully saturated rings. The van der Waals surface area contributed by atoms with Crippen LogP contribution in [-0.2, 0) is 0 Å². The van der Waals surface area contributed by atoms with Crippen molar-refractivity contribution in [1.29, 1.82) is 5.26 Å². The first-order chi connectivity index (χ1) is 12.7. The Kier molecular flexibility index (Phi) is 4.97. The van der Waals surface area contributed by atoms with E-state index >= 15 is 0 Å². The van der Waals surface area contributed by atoms with Crippen molar-refractivity contribution in [2.45, 2.75) is 56.7 Å². The van der Waals surface area contributed by atoms with Gasteiger partial charge in [-0.2, -0.15) is 5.26 Å². The van der Waals surface area contributed by atoms with E-state index in [4.69, 9.17) is 16.9 Å². The van der Waals surface area contributed by atoms with Crippen LogP contribution < -0.4 is 4.90 Å². The monoisotopic (exact) mass is 369 g/mol. The molecule has 0 saturated carbocycles. The van der Waals surface area contributed by atoms with E-state index in [1.807, 2.05) is 12.1 Å². The van der Waals surface area contributed by atoms with Crippen LogP contribution in [0, 0.1) is 11.3 Å². The third-order valence-electron chi connectivity index (χ3n) is 6.01. The SMILES string of the molecule is CN(c1nc(Cl)cc2ncccc12)C1C[C@H]2CCC[C@@H](C1)N2CCC#N. The van der Waals surface area contributed by atoms with Gasteiger partial charge < -0.3 is 4.90 Å². The summed E-state index contributed by atoms with van der Waals surface area (Å²) >= 11 is 6.27. The summed E-state index contributed by atoms with van der Waals surface area (Å²) in [7, 11) is 2.14. The fourth-order valence-corrected chi connectivity index (χ4v) is 4.96. The smallest absolute Gasteiger partial charge is 0.139 e. The summed E-state index contributed by atoms with van der Waals surface area (Å²) in [6.45, 7) is 0.907. The van der Waals surface area contributed by atoms with Crippen LogP contribution in [0.1, 0.15) is 38.5 Å². The summed E-state index contributed by atoms with van der Waals surface area (Å²) in [6, 6.07) is 9.75. The standard InChI is InChI=1S/C20H24ClN5/c1-25(20-17-7-3-9-23-18(17)13-19(21)24-20)16-11-14-5-2-6-15(12-16)26(14)10-4-8-22/h3,7,9,13-16H,2,4-6,10-12H2,1H3/t14-,15+,16?. The number of halogens is 1. The van der Waals surface area contributed by atoms with Gasteiger partial charge in [-0.25, -0.2) is 4.98 Å². The molecule has 26 heavy (non-hydrogen) atoms. The van der Waals surface area contributed by atoms with E-state index in [0.29, 0.717) is 29.7 Å². The zero-order valence-electron chi connectivity index (χ0n) is 15.1. The highest BCUT2D eigenvalue weighted by atomic mass is 35.5. The van der Waals surface area contributed by atoms with E-state index in [2.05, 4.69) is 39.0 Å². The van der Waals surface area contributed by atoms with E-state index in [9.17, 15) is 0 Å². The number of piperidine rings is 2. The molecule has 6 heteroatoms. The second-order valence-corrected chi connectivity index (χ2v) is 7.85. The van der Waals surface area contributed by atoms with Crippen LogP contribution >= 0.6 is 11.6 Å². The van der Waals surface area contributed by atoms with Crippen molar-refractivity contribution >= 4 is 28.3 Å². The highest BCUT2D eigenvalue weighted by Crippen LogP contribution is 2.38. The van der Waals surface area contributed by atoms with Gasteiger partial charge in [-0.15, -0.1) is 0 Å². The Hall–Kier alpha value is -1.90. The molecular formula is C20H24ClN5. The maximum atomic E-state index is 8.96. The lowest BCUT2D eigenvalue weighted by Gasteiger charge is -2.50. The Labute approximate surface area is 159 Å². The van der Waals surface area contributed by atoms with Crippen LogP contribution in [0.5, 0.6) is 0 Å². The van der Waals surface area contributed by atoms with Crippen LogP contribution in [-0.4, -0.2) is 46.6 Å². The van der Waals surface area contributed by atoms with Crippen molar-refractivity contribution in [2.24, 2.45) is 0 Å². The molecule has 2 saturated heterocycles. The predicted molar refractivity (Wildman–Crippen MR) is 104 cm³/mol. The van der Waals surface area contributed by atoms with Gasteiger partial charge in [0.2, 0.25) is 0 Å². The first kappa shape index (κ1) is 17.5. The Morgan fingerprint density at radius 3 is 2.85 bits per heavy atom. The van der Waals surface area contributed by atoms with Crippen LogP contribution in [0.3, 0.4) is 0 Å². The van der Waals surface area contributed by atoms with Gasteiger partial charge in [0.15, 0.2) is 0 Å². The number of hydrogen-bond acceptors (Lipinski definition) is 5. The number of fused-ring (bicyclic) bond motifs is 3. The average Bonchev–Trinajstić information content (AvgIpc) is 2.64. The van der Waals surface area contributed by atoms with Gasteiger partial charge in [0, 0.05) is 55.8 Å². The van der Waals surface area contributed by atoms with Crippen LogP contribution in [0.15, 0.2) is 24.4 Å². The minimum absolute atomic E-state index is 0.443. The third kappa shape index (κ3) is 3.24. The summed E-state index contributed by atoms with van der Waals surface area (Å²) in [5, 5.41) is 10.5. The molecule has 4 rings (SSSR count). The van der Waals surface area contributed by atoms with Crippen molar-refractivity contribution in [3.05, 3.63) is 29.5 Å². The van der Waals surface area contributed by atoms with Crippen molar-refractivity contribution in [1.82, 2.24) is 14.9 Å². The van der Waals surface area contributed by atoms with Gasteiger partial charge >= 0.3 is 0 Å². The molecule has 0 amide bonds. The van der Waals surface area contributed by atoms with E-state index < -0.39 is 0 Å². The van der Waals surface area contributed by atoms with Crippen LogP contribution in [0.2, 0.25) is 5.15 Å². The number of hydrogen-bond donors (Lipinski definition) is 0. The minimum Gasteiger partial charge on any atom is -0.356 e. The molecule has 2 aromatic rings. The second-order valence-electron chi connectivity index (χ2n) is 7.46. The normalized spacial score (nSPS) is 25.8. The first-order valence-corrected chi connectivity index (χ1v) is 9.82. The third-order valence-corrected chi connectivity index (χ3v) is 6.21. The van der Waals surface area contributed by atoms with E-state index in [1.165, 1.54) is 19.3 Å². The summed E-state index contributed by atoms with van der Waals surface area (Å²) < 4.78 is 0. The average molecular weight is 370 g/mol. The van der Waals surface area contributed by atoms with E-state index in [1.54, 1.807) is 6.20 Å². The largest absolute Gasteiger partial charge is 0.356 e. The fourth-order valence-electron chi connectivity index (χ4n) is 4.78. The predicted octanol–water partition coefficient (Wildman–Crippen LogP) is 4.02. The second kappa shape index (κ2) is 7.38. The van der Waals surface area contributed by atoms with Gasteiger partial charge in [-0.1, -0.05) is 18.0 Å². The molecule has 0 aliphatic carbocycles. The molecule has 2 bridgehead atoms. The summed E-state index contributed by atoms with van der Waals surface area (Å²) in [5.74, 6) is 0.925. The summed E-state index contributed by atoms with van der Waals surface area (Å²) in [6.07, 6.45) is 8.43. The molecule has 3 atom stereocenters. The minimum atomic E-state index is 0.443. The van der Waals surface area contributed by atoms with Gasteiger partial charge in [0.1, 0.15) is 11.0 Å². The highest BCUT2D eigenvalue weighted by molar-refractivity contribution is 6.30. The molecule has 1 unspecified atom stereocenters. The van der Waals surface area contributed by atoms with E-state index in [0.717, 1.165) is 36.1 Å². The number of anilines is 1. The van der Waals surface area contributed by atoms with Gasteiger partial charge in [-0.05, 0) is 37.8 Å². The van der Waals surface area contributed by atoms with Gasteiger partial charge in [-0.3, -0.25) is 9.88 Å². The Morgan fingerprint density at radius 1 is 1.35 bits per heavy atom.